The highest BCUT2D eigenvalue weighted by Gasteiger charge is 2.21. The van der Waals surface area contributed by atoms with Crippen LogP contribution < -0.4 is 4.80 Å². The standard InChI is InChI=1S/C21H25N3O3S2/c1-6-24(7-2)29(26,27)17-10-8-16(9-11-17)20(25)22-21-23(5)18-13-14(3)12-15(4)19(18)28-21/h8-13H,6-7H2,1-5H3. The molecule has 0 fully saturated rings. The van der Waals surface area contributed by atoms with Gasteiger partial charge in [-0.25, -0.2) is 8.42 Å². The summed E-state index contributed by atoms with van der Waals surface area (Å²) in [6.45, 7) is 8.48. The van der Waals surface area contributed by atoms with E-state index in [0.717, 1.165) is 21.3 Å². The number of aromatic nitrogens is 1. The molecule has 0 aliphatic carbocycles. The predicted octanol–water partition coefficient (Wildman–Crippen LogP) is 3.63. The fourth-order valence-corrected chi connectivity index (χ4v) is 5.83. The van der Waals surface area contributed by atoms with Crippen molar-refractivity contribution in [2.24, 2.45) is 12.0 Å². The Hall–Kier alpha value is -2.29. The van der Waals surface area contributed by atoms with Gasteiger partial charge in [-0.05, 0) is 55.3 Å². The average Bonchev–Trinajstić information content (AvgIpc) is 2.99. The highest BCUT2D eigenvalue weighted by molar-refractivity contribution is 7.89. The summed E-state index contributed by atoms with van der Waals surface area (Å²) in [6, 6.07) is 10.2. The van der Waals surface area contributed by atoms with Crippen molar-refractivity contribution in [2.75, 3.05) is 13.1 Å². The summed E-state index contributed by atoms with van der Waals surface area (Å²) in [5.41, 5.74) is 3.71. The lowest BCUT2D eigenvalue weighted by atomic mass is 10.1. The first-order valence-corrected chi connectivity index (χ1v) is 11.7. The van der Waals surface area contributed by atoms with Gasteiger partial charge in [-0.2, -0.15) is 9.30 Å². The van der Waals surface area contributed by atoms with Crippen molar-refractivity contribution in [1.82, 2.24) is 8.87 Å². The first-order chi connectivity index (χ1) is 13.7. The van der Waals surface area contributed by atoms with Crippen molar-refractivity contribution in [3.05, 3.63) is 57.9 Å². The number of carbonyl (C=O) groups is 1. The van der Waals surface area contributed by atoms with E-state index >= 15 is 0 Å². The Balaban J connectivity index is 1.97. The van der Waals surface area contributed by atoms with E-state index in [2.05, 4.69) is 17.1 Å². The molecule has 0 aliphatic rings. The second-order valence-corrected chi connectivity index (χ2v) is 9.82. The summed E-state index contributed by atoms with van der Waals surface area (Å²) in [6.07, 6.45) is 0. The lowest BCUT2D eigenvalue weighted by molar-refractivity contribution is 0.0998. The van der Waals surface area contributed by atoms with Crippen molar-refractivity contribution in [3.63, 3.8) is 0 Å². The number of sulfonamides is 1. The lowest BCUT2D eigenvalue weighted by Crippen LogP contribution is -2.30. The van der Waals surface area contributed by atoms with E-state index in [0.29, 0.717) is 23.5 Å². The summed E-state index contributed by atoms with van der Waals surface area (Å²) in [5.74, 6) is -0.395. The van der Waals surface area contributed by atoms with Gasteiger partial charge in [-0.3, -0.25) is 4.79 Å². The van der Waals surface area contributed by atoms with Gasteiger partial charge in [0.25, 0.3) is 5.91 Å². The number of aryl methyl sites for hydroxylation is 3. The van der Waals surface area contributed by atoms with Gasteiger partial charge in [0.15, 0.2) is 4.80 Å². The summed E-state index contributed by atoms with van der Waals surface area (Å²) < 4.78 is 29.6. The number of hydrogen-bond acceptors (Lipinski definition) is 4. The van der Waals surface area contributed by atoms with Crippen molar-refractivity contribution in [1.29, 1.82) is 0 Å². The molecule has 29 heavy (non-hydrogen) atoms. The first-order valence-electron chi connectivity index (χ1n) is 9.45. The van der Waals surface area contributed by atoms with E-state index in [1.54, 1.807) is 13.8 Å². The third kappa shape index (κ3) is 4.05. The monoisotopic (exact) mass is 431 g/mol. The molecule has 0 N–H and O–H groups in total. The van der Waals surface area contributed by atoms with Gasteiger partial charge in [0.1, 0.15) is 0 Å². The van der Waals surface area contributed by atoms with Crippen molar-refractivity contribution >= 4 is 37.5 Å². The number of hydrogen-bond donors (Lipinski definition) is 0. The highest BCUT2D eigenvalue weighted by atomic mass is 32.2. The molecule has 154 valence electrons. The molecule has 0 aliphatic heterocycles. The minimum Gasteiger partial charge on any atom is -0.319 e. The van der Waals surface area contributed by atoms with E-state index in [9.17, 15) is 13.2 Å². The van der Waals surface area contributed by atoms with Crippen LogP contribution in [-0.4, -0.2) is 36.3 Å². The molecule has 0 radical (unpaired) electrons. The Bertz CT molecular complexity index is 1230. The van der Waals surface area contributed by atoms with E-state index in [1.165, 1.54) is 39.9 Å². The van der Waals surface area contributed by atoms with E-state index in [4.69, 9.17) is 0 Å². The minimum atomic E-state index is -3.55. The normalized spacial score (nSPS) is 12.8. The van der Waals surface area contributed by atoms with E-state index in [1.807, 2.05) is 25.5 Å². The molecule has 2 aromatic carbocycles. The SMILES string of the molecule is CCN(CC)S(=O)(=O)c1ccc(C(=O)N=c2sc3c(C)cc(C)cc3n2C)cc1. The number of rotatable bonds is 5. The molecule has 1 heterocycles. The Morgan fingerprint density at radius 1 is 1.10 bits per heavy atom. The largest absolute Gasteiger partial charge is 0.319 e. The van der Waals surface area contributed by atoms with Gasteiger partial charge in [-0.15, -0.1) is 0 Å². The fraction of sp³-hybridized carbons (Fsp3) is 0.333. The third-order valence-electron chi connectivity index (χ3n) is 4.88. The average molecular weight is 432 g/mol. The summed E-state index contributed by atoms with van der Waals surface area (Å²) in [7, 11) is -1.65. The Labute approximate surface area is 175 Å². The molecular formula is C21H25N3O3S2. The number of fused-ring (bicyclic) bond motifs is 1. The Kier molecular flexibility index (Phi) is 6.07. The van der Waals surface area contributed by atoms with Crippen LogP contribution in [0.3, 0.4) is 0 Å². The molecule has 0 spiro atoms. The second-order valence-electron chi connectivity index (χ2n) is 6.90. The zero-order chi connectivity index (χ0) is 21.3. The summed E-state index contributed by atoms with van der Waals surface area (Å²) in [4.78, 5) is 17.7. The zero-order valence-electron chi connectivity index (χ0n) is 17.3. The molecule has 1 amide bonds. The number of nitrogens with zero attached hydrogens (tertiary/aromatic N) is 3. The van der Waals surface area contributed by atoms with E-state index in [-0.39, 0.29) is 4.90 Å². The van der Waals surface area contributed by atoms with Crippen LogP contribution in [-0.2, 0) is 17.1 Å². The van der Waals surface area contributed by atoms with Gasteiger partial charge in [-0.1, -0.05) is 31.3 Å². The maximum absolute atomic E-state index is 12.7. The van der Waals surface area contributed by atoms with Crippen LogP contribution in [0.15, 0.2) is 46.3 Å². The van der Waals surface area contributed by atoms with Crippen molar-refractivity contribution in [3.8, 4) is 0 Å². The number of thiazole rings is 1. The maximum atomic E-state index is 12.7. The van der Waals surface area contributed by atoms with Crippen molar-refractivity contribution < 1.29 is 13.2 Å². The third-order valence-corrected chi connectivity index (χ3v) is 8.23. The zero-order valence-corrected chi connectivity index (χ0v) is 18.9. The topological polar surface area (TPSA) is 71.7 Å². The summed E-state index contributed by atoms with van der Waals surface area (Å²) >= 11 is 1.47. The molecule has 3 aromatic rings. The maximum Gasteiger partial charge on any atom is 0.279 e. The molecule has 3 rings (SSSR count). The van der Waals surface area contributed by atoms with E-state index < -0.39 is 15.9 Å². The molecule has 0 bridgehead atoms. The van der Waals surface area contributed by atoms with Gasteiger partial charge < -0.3 is 4.57 Å². The molecular weight excluding hydrogens is 406 g/mol. The quantitative estimate of drug-likeness (QED) is 0.619. The van der Waals surface area contributed by atoms with Crippen LogP contribution in [0.2, 0.25) is 0 Å². The molecule has 8 heteroatoms. The predicted molar refractivity (Wildman–Crippen MR) is 117 cm³/mol. The van der Waals surface area contributed by atoms with Gasteiger partial charge in [0, 0.05) is 25.7 Å². The minimum absolute atomic E-state index is 0.177. The fourth-order valence-electron chi connectivity index (χ4n) is 3.31. The Morgan fingerprint density at radius 2 is 1.72 bits per heavy atom. The molecule has 0 atom stereocenters. The molecule has 6 nitrogen and oxygen atoms in total. The molecule has 1 aromatic heterocycles. The second kappa shape index (κ2) is 8.22. The molecule has 0 saturated heterocycles. The van der Waals surface area contributed by atoms with Crippen LogP contribution in [0, 0.1) is 13.8 Å². The molecule has 0 saturated carbocycles. The summed E-state index contributed by atoms with van der Waals surface area (Å²) in [5, 5.41) is 0. The van der Waals surface area contributed by atoms with Gasteiger partial charge in [0.2, 0.25) is 10.0 Å². The Morgan fingerprint density at radius 3 is 2.31 bits per heavy atom. The van der Waals surface area contributed by atoms with Crippen LogP contribution in [0.5, 0.6) is 0 Å². The number of amides is 1. The van der Waals surface area contributed by atoms with Gasteiger partial charge >= 0.3 is 0 Å². The van der Waals surface area contributed by atoms with Crippen LogP contribution >= 0.6 is 11.3 Å². The van der Waals surface area contributed by atoms with Crippen LogP contribution in [0.25, 0.3) is 10.2 Å². The van der Waals surface area contributed by atoms with Crippen LogP contribution in [0.4, 0.5) is 0 Å². The smallest absolute Gasteiger partial charge is 0.279 e. The lowest BCUT2D eigenvalue weighted by Gasteiger charge is -2.18. The highest BCUT2D eigenvalue weighted by Crippen LogP contribution is 2.23. The first kappa shape index (κ1) is 21.4. The number of benzene rings is 2. The van der Waals surface area contributed by atoms with Crippen LogP contribution in [0.1, 0.15) is 35.3 Å². The van der Waals surface area contributed by atoms with Gasteiger partial charge in [0.05, 0.1) is 15.1 Å². The number of carbonyl (C=O) groups excluding carboxylic acids is 1. The van der Waals surface area contributed by atoms with Crippen molar-refractivity contribution in [2.45, 2.75) is 32.6 Å². The molecule has 0 unspecified atom stereocenters.